The van der Waals surface area contributed by atoms with E-state index >= 15 is 0 Å². The van der Waals surface area contributed by atoms with Crippen LogP contribution in [0.2, 0.25) is 0 Å². The molecule has 0 aromatic rings. The third-order valence-corrected chi connectivity index (χ3v) is 2.32. The van der Waals surface area contributed by atoms with E-state index in [1.165, 1.54) is 0 Å². The van der Waals surface area contributed by atoms with Crippen molar-refractivity contribution in [2.75, 3.05) is 13.2 Å². The van der Waals surface area contributed by atoms with Crippen LogP contribution in [0.1, 0.15) is 20.8 Å². The molecule has 0 spiro atoms. The quantitative estimate of drug-likeness (QED) is 0.615. The summed E-state index contributed by atoms with van der Waals surface area (Å²) in [5, 5.41) is 9.59. The molecule has 1 heterocycles. The smallest absolute Gasteiger partial charge is 0.170 e. The summed E-state index contributed by atoms with van der Waals surface area (Å²) >= 11 is 0. The van der Waals surface area contributed by atoms with Crippen molar-refractivity contribution in [1.29, 1.82) is 0 Å². The fourth-order valence-corrected chi connectivity index (χ4v) is 1.16. The van der Waals surface area contributed by atoms with Crippen LogP contribution < -0.4 is 5.73 Å². The Morgan fingerprint density at radius 1 is 1.46 bits per heavy atom. The Labute approximate surface area is 79.0 Å². The molecule has 1 rings (SSSR count). The van der Waals surface area contributed by atoms with E-state index in [1.54, 1.807) is 0 Å². The van der Waals surface area contributed by atoms with Gasteiger partial charge in [0.2, 0.25) is 0 Å². The van der Waals surface area contributed by atoms with E-state index in [1.807, 2.05) is 20.8 Å². The number of rotatable bonds is 4. The van der Waals surface area contributed by atoms with Crippen LogP contribution in [0.4, 0.5) is 0 Å². The van der Waals surface area contributed by atoms with Crippen molar-refractivity contribution >= 4 is 0 Å². The normalized spacial score (nSPS) is 25.4. The van der Waals surface area contributed by atoms with Gasteiger partial charge in [-0.25, -0.2) is 0 Å². The summed E-state index contributed by atoms with van der Waals surface area (Å²) in [4.78, 5) is 0. The van der Waals surface area contributed by atoms with Crippen LogP contribution in [0.3, 0.4) is 0 Å². The SMILES string of the molecule is CC(C)[C@H](N)C(O)OC1(C)COC1. The summed E-state index contributed by atoms with van der Waals surface area (Å²) in [7, 11) is 0. The molecule has 0 aromatic heterocycles. The average molecular weight is 189 g/mol. The van der Waals surface area contributed by atoms with Gasteiger partial charge >= 0.3 is 0 Å². The van der Waals surface area contributed by atoms with Gasteiger partial charge in [-0.2, -0.15) is 0 Å². The Balaban J connectivity index is 2.35. The molecule has 1 unspecified atom stereocenters. The molecule has 0 bridgehead atoms. The Morgan fingerprint density at radius 2 is 2.00 bits per heavy atom. The summed E-state index contributed by atoms with van der Waals surface area (Å²) in [6.07, 6.45) is -0.895. The van der Waals surface area contributed by atoms with E-state index in [0.717, 1.165) is 0 Å². The molecule has 1 saturated heterocycles. The highest BCUT2D eigenvalue weighted by Gasteiger charge is 2.38. The van der Waals surface area contributed by atoms with Crippen molar-refractivity contribution in [3.8, 4) is 0 Å². The van der Waals surface area contributed by atoms with E-state index in [9.17, 15) is 5.11 Å². The zero-order valence-corrected chi connectivity index (χ0v) is 8.49. The third kappa shape index (κ3) is 2.64. The molecular weight excluding hydrogens is 170 g/mol. The molecule has 0 radical (unpaired) electrons. The summed E-state index contributed by atoms with van der Waals surface area (Å²) < 4.78 is 10.4. The minimum absolute atomic E-state index is 0.208. The topological polar surface area (TPSA) is 64.7 Å². The lowest BCUT2D eigenvalue weighted by Gasteiger charge is -2.40. The number of hydrogen-bond donors (Lipinski definition) is 2. The highest BCUT2D eigenvalue weighted by molar-refractivity contribution is 4.84. The molecule has 4 heteroatoms. The van der Waals surface area contributed by atoms with Crippen LogP contribution in [0.15, 0.2) is 0 Å². The molecule has 1 aliphatic rings. The number of hydrogen-bond acceptors (Lipinski definition) is 4. The van der Waals surface area contributed by atoms with Gasteiger partial charge in [-0.3, -0.25) is 0 Å². The van der Waals surface area contributed by atoms with Gasteiger partial charge in [0.15, 0.2) is 6.29 Å². The highest BCUT2D eigenvalue weighted by atomic mass is 16.7. The molecule has 0 aromatic carbocycles. The maximum Gasteiger partial charge on any atom is 0.170 e. The highest BCUT2D eigenvalue weighted by Crippen LogP contribution is 2.23. The average Bonchev–Trinajstić information content (AvgIpc) is 1.99. The molecular formula is C9H19NO3. The maximum absolute atomic E-state index is 9.59. The van der Waals surface area contributed by atoms with E-state index in [-0.39, 0.29) is 17.6 Å². The van der Waals surface area contributed by atoms with E-state index < -0.39 is 6.29 Å². The lowest BCUT2D eigenvalue weighted by atomic mass is 10.0. The molecule has 1 fully saturated rings. The molecule has 3 N–H and O–H groups in total. The number of nitrogens with two attached hydrogens (primary N) is 1. The second kappa shape index (κ2) is 3.92. The van der Waals surface area contributed by atoms with Crippen LogP contribution in [0.25, 0.3) is 0 Å². The van der Waals surface area contributed by atoms with E-state index in [4.69, 9.17) is 15.2 Å². The summed E-state index contributed by atoms with van der Waals surface area (Å²) in [5.41, 5.74) is 5.39. The molecule has 1 aliphatic heterocycles. The summed E-state index contributed by atoms with van der Waals surface area (Å²) in [6.45, 7) is 6.89. The lowest BCUT2D eigenvalue weighted by Crippen LogP contribution is -2.55. The first-order valence-electron chi connectivity index (χ1n) is 4.64. The maximum atomic E-state index is 9.59. The van der Waals surface area contributed by atoms with Crippen molar-refractivity contribution in [3.05, 3.63) is 0 Å². The Kier molecular flexibility index (Phi) is 3.29. The first-order valence-corrected chi connectivity index (χ1v) is 4.64. The van der Waals surface area contributed by atoms with Gasteiger partial charge < -0.3 is 20.3 Å². The molecule has 78 valence electrons. The van der Waals surface area contributed by atoms with Crippen molar-refractivity contribution in [3.63, 3.8) is 0 Å². The Hall–Kier alpha value is -0.160. The molecule has 0 amide bonds. The predicted octanol–water partition coefficient (Wildman–Crippen LogP) is 0.0936. The molecule has 4 nitrogen and oxygen atoms in total. The van der Waals surface area contributed by atoms with Gasteiger partial charge in [0.1, 0.15) is 5.60 Å². The molecule has 0 aliphatic carbocycles. The van der Waals surface area contributed by atoms with Crippen LogP contribution in [0, 0.1) is 5.92 Å². The van der Waals surface area contributed by atoms with Crippen molar-refractivity contribution in [1.82, 2.24) is 0 Å². The third-order valence-electron chi connectivity index (χ3n) is 2.32. The lowest BCUT2D eigenvalue weighted by molar-refractivity contribution is -0.271. The number of ether oxygens (including phenoxy) is 2. The standard InChI is InChI=1S/C9H19NO3/c1-6(2)7(10)8(11)13-9(3)4-12-5-9/h6-8,11H,4-5,10H2,1-3H3/t7-,8?/m0/s1. The fourth-order valence-electron chi connectivity index (χ4n) is 1.16. The van der Waals surface area contributed by atoms with E-state index in [0.29, 0.717) is 13.2 Å². The first kappa shape index (κ1) is 10.9. The molecule has 2 atom stereocenters. The van der Waals surface area contributed by atoms with Crippen molar-refractivity contribution in [2.24, 2.45) is 11.7 Å². The molecule has 0 saturated carbocycles. The Bertz CT molecular complexity index is 168. The first-order chi connectivity index (χ1) is 5.94. The zero-order chi connectivity index (χ0) is 10.1. The summed E-state index contributed by atoms with van der Waals surface area (Å²) in [6, 6.07) is -0.336. The van der Waals surface area contributed by atoms with Crippen LogP contribution >= 0.6 is 0 Å². The van der Waals surface area contributed by atoms with Crippen LogP contribution in [0.5, 0.6) is 0 Å². The van der Waals surface area contributed by atoms with E-state index in [2.05, 4.69) is 0 Å². The van der Waals surface area contributed by atoms with Gasteiger partial charge in [0.25, 0.3) is 0 Å². The molecule has 13 heavy (non-hydrogen) atoms. The number of aliphatic hydroxyl groups excluding tert-OH is 1. The van der Waals surface area contributed by atoms with Crippen LogP contribution in [-0.2, 0) is 9.47 Å². The predicted molar refractivity (Wildman–Crippen MR) is 49.1 cm³/mol. The van der Waals surface area contributed by atoms with Crippen molar-refractivity contribution < 1.29 is 14.6 Å². The van der Waals surface area contributed by atoms with Gasteiger partial charge in [-0.15, -0.1) is 0 Å². The van der Waals surface area contributed by atoms with Gasteiger partial charge in [-0.1, -0.05) is 13.8 Å². The monoisotopic (exact) mass is 189 g/mol. The largest absolute Gasteiger partial charge is 0.375 e. The minimum Gasteiger partial charge on any atom is -0.375 e. The number of aliphatic hydroxyl groups is 1. The van der Waals surface area contributed by atoms with Crippen LogP contribution in [-0.4, -0.2) is 36.3 Å². The van der Waals surface area contributed by atoms with Crippen molar-refractivity contribution in [2.45, 2.75) is 38.7 Å². The fraction of sp³-hybridized carbons (Fsp3) is 1.00. The summed E-state index contributed by atoms with van der Waals surface area (Å²) in [5.74, 6) is 0.208. The van der Waals surface area contributed by atoms with Gasteiger partial charge in [-0.05, 0) is 12.8 Å². The van der Waals surface area contributed by atoms with Gasteiger partial charge in [0.05, 0.1) is 19.3 Å². The second-order valence-electron chi connectivity index (χ2n) is 4.27. The zero-order valence-electron chi connectivity index (χ0n) is 8.49. The minimum atomic E-state index is -0.895. The van der Waals surface area contributed by atoms with Gasteiger partial charge in [0, 0.05) is 0 Å². The Morgan fingerprint density at radius 3 is 2.31 bits per heavy atom. The second-order valence-corrected chi connectivity index (χ2v) is 4.27.